The van der Waals surface area contributed by atoms with Gasteiger partial charge in [0, 0.05) is 17.0 Å². The van der Waals surface area contributed by atoms with Crippen LogP contribution in [0.3, 0.4) is 0 Å². The van der Waals surface area contributed by atoms with Crippen LogP contribution in [0.25, 0.3) is 21.7 Å². The topological polar surface area (TPSA) is 59.1 Å². The molecule has 0 saturated heterocycles. The molecule has 0 radical (unpaired) electrons. The van der Waals surface area contributed by atoms with Gasteiger partial charge in [0.05, 0.1) is 16.1 Å². The van der Waals surface area contributed by atoms with E-state index in [9.17, 15) is 8.42 Å². The van der Waals surface area contributed by atoms with E-state index in [1.807, 2.05) is 36.4 Å². The van der Waals surface area contributed by atoms with E-state index in [1.165, 1.54) is 0 Å². The lowest BCUT2D eigenvalue weighted by molar-refractivity contribution is 0.601. The average Bonchev–Trinajstić information content (AvgIpc) is 2.62. The molecule has 4 aromatic rings. The van der Waals surface area contributed by atoms with Gasteiger partial charge in [0.1, 0.15) is 0 Å². The Hall–Kier alpha value is -2.92. The first-order valence-corrected chi connectivity index (χ1v) is 8.98. The minimum atomic E-state index is -3.64. The van der Waals surface area contributed by atoms with Gasteiger partial charge in [0.2, 0.25) is 0 Å². The fraction of sp³-hybridized carbons (Fsp3) is 0. The summed E-state index contributed by atoms with van der Waals surface area (Å²) in [4.78, 5) is 4.67. The van der Waals surface area contributed by atoms with Gasteiger partial charge >= 0.3 is 0 Å². The van der Waals surface area contributed by atoms with Gasteiger partial charge in [0.15, 0.2) is 0 Å². The van der Waals surface area contributed by atoms with Crippen LogP contribution in [-0.2, 0) is 10.0 Å². The Kier molecular flexibility index (Phi) is 3.43. The second-order valence-electron chi connectivity index (χ2n) is 5.46. The number of nitrogens with one attached hydrogen (secondary N) is 1. The van der Waals surface area contributed by atoms with Crippen LogP contribution in [0.2, 0.25) is 0 Å². The van der Waals surface area contributed by atoms with Crippen molar-refractivity contribution in [2.45, 2.75) is 4.90 Å². The molecule has 0 amide bonds. The van der Waals surface area contributed by atoms with E-state index in [1.54, 1.807) is 42.6 Å². The van der Waals surface area contributed by atoms with Crippen molar-refractivity contribution in [3.63, 3.8) is 0 Å². The molecule has 0 aliphatic rings. The van der Waals surface area contributed by atoms with Gasteiger partial charge in [-0.25, -0.2) is 8.42 Å². The molecule has 1 N–H and O–H groups in total. The standard InChI is InChI=1S/C19H14N2O2S/c22-24(23,15-7-2-1-3-8-15)21-18-12-13-20-19-16-9-5-4-6-14(16)10-11-17(18)19/h1-13H,(H,20,21). The molecule has 0 aliphatic heterocycles. The maximum Gasteiger partial charge on any atom is 0.261 e. The summed E-state index contributed by atoms with van der Waals surface area (Å²) in [6.45, 7) is 0. The monoisotopic (exact) mass is 334 g/mol. The molecule has 3 aromatic carbocycles. The average molecular weight is 334 g/mol. The normalized spacial score (nSPS) is 11.7. The lowest BCUT2D eigenvalue weighted by atomic mass is 10.1. The second kappa shape index (κ2) is 5.62. The number of pyridine rings is 1. The largest absolute Gasteiger partial charge is 0.279 e. The number of nitrogens with zero attached hydrogens (tertiary/aromatic N) is 1. The molecule has 118 valence electrons. The van der Waals surface area contributed by atoms with Crippen molar-refractivity contribution in [2.24, 2.45) is 0 Å². The number of benzene rings is 3. The Morgan fingerprint density at radius 3 is 2.33 bits per heavy atom. The molecule has 5 heteroatoms. The first-order valence-electron chi connectivity index (χ1n) is 7.49. The summed E-state index contributed by atoms with van der Waals surface area (Å²) in [5.74, 6) is 0. The summed E-state index contributed by atoms with van der Waals surface area (Å²) in [5.41, 5.74) is 1.30. The van der Waals surface area contributed by atoms with Crippen molar-refractivity contribution >= 4 is 37.4 Å². The van der Waals surface area contributed by atoms with Gasteiger partial charge < -0.3 is 0 Å². The van der Waals surface area contributed by atoms with Gasteiger partial charge in [-0.15, -0.1) is 0 Å². The zero-order chi connectivity index (χ0) is 16.6. The third kappa shape index (κ3) is 2.49. The Balaban J connectivity index is 1.87. The van der Waals surface area contributed by atoms with Crippen molar-refractivity contribution in [3.05, 3.63) is 79.0 Å². The first-order chi connectivity index (χ1) is 11.6. The molecule has 1 heterocycles. The molecule has 0 aliphatic carbocycles. The summed E-state index contributed by atoms with van der Waals surface area (Å²) in [6, 6.07) is 21.8. The highest BCUT2D eigenvalue weighted by atomic mass is 32.2. The van der Waals surface area contributed by atoms with Crippen molar-refractivity contribution in [3.8, 4) is 0 Å². The van der Waals surface area contributed by atoms with Crippen LogP contribution in [0.15, 0.2) is 83.9 Å². The number of rotatable bonds is 3. The predicted octanol–water partition coefficient (Wildman–Crippen LogP) is 4.19. The number of sulfonamides is 1. The number of fused-ring (bicyclic) bond motifs is 3. The fourth-order valence-electron chi connectivity index (χ4n) is 2.78. The van der Waals surface area contributed by atoms with Gasteiger partial charge in [-0.2, -0.15) is 0 Å². The molecule has 24 heavy (non-hydrogen) atoms. The Morgan fingerprint density at radius 1 is 0.750 bits per heavy atom. The van der Waals surface area contributed by atoms with E-state index in [0.29, 0.717) is 5.69 Å². The maximum atomic E-state index is 12.6. The van der Waals surface area contributed by atoms with Crippen molar-refractivity contribution in [2.75, 3.05) is 4.72 Å². The smallest absolute Gasteiger partial charge is 0.261 e. The van der Waals surface area contributed by atoms with Crippen molar-refractivity contribution in [1.82, 2.24) is 4.98 Å². The van der Waals surface area contributed by atoms with E-state index in [4.69, 9.17) is 0 Å². The van der Waals surface area contributed by atoms with Gasteiger partial charge in [-0.05, 0) is 23.6 Å². The summed E-state index contributed by atoms with van der Waals surface area (Å²) < 4.78 is 27.8. The Bertz CT molecular complexity index is 1140. The van der Waals surface area contributed by atoms with E-state index >= 15 is 0 Å². The quantitative estimate of drug-likeness (QED) is 0.572. The number of anilines is 1. The summed E-state index contributed by atoms with van der Waals surface area (Å²) in [5, 5.41) is 2.84. The zero-order valence-corrected chi connectivity index (χ0v) is 13.5. The van der Waals surface area contributed by atoms with E-state index < -0.39 is 10.0 Å². The highest BCUT2D eigenvalue weighted by molar-refractivity contribution is 7.92. The third-order valence-corrected chi connectivity index (χ3v) is 5.31. The lowest BCUT2D eigenvalue weighted by Crippen LogP contribution is -2.13. The molecular formula is C19H14N2O2S. The molecule has 0 fully saturated rings. The number of hydrogen-bond donors (Lipinski definition) is 1. The maximum absolute atomic E-state index is 12.6. The third-order valence-electron chi connectivity index (χ3n) is 3.93. The predicted molar refractivity (Wildman–Crippen MR) is 96.5 cm³/mol. The molecule has 4 rings (SSSR count). The summed E-state index contributed by atoms with van der Waals surface area (Å²) in [6.07, 6.45) is 1.62. The van der Waals surface area contributed by atoms with Crippen LogP contribution in [0.4, 0.5) is 5.69 Å². The van der Waals surface area contributed by atoms with Crippen molar-refractivity contribution < 1.29 is 8.42 Å². The van der Waals surface area contributed by atoms with Crippen LogP contribution >= 0.6 is 0 Å². The SMILES string of the molecule is O=S(=O)(Nc1ccnc2c1ccc1ccccc12)c1ccccc1. The highest BCUT2D eigenvalue weighted by Gasteiger charge is 2.15. The Morgan fingerprint density at radius 2 is 1.50 bits per heavy atom. The second-order valence-corrected chi connectivity index (χ2v) is 7.14. The lowest BCUT2D eigenvalue weighted by Gasteiger charge is -2.11. The fourth-order valence-corrected chi connectivity index (χ4v) is 3.88. The molecular weight excluding hydrogens is 320 g/mol. The summed E-state index contributed by atoms with van der Waals surface area (Å²) >= 11 is 0. The van der Waals surface area contributed by atoms with Crippen molar-refractivity contribution in [1.29, 1.82) is 0 Å². The molecule has 0 spiro atoms. The van der Waals surface area contributed by atoms with E-state index in [2.05, 4.69) is 9.71 Å². The highest BCUT2D eigenvalue weighted by Crippen LogP contribution is 2.29. The number of aromatic nitrogens is 1. The van der Waals surface area contributed by atoms with Gasteiger partial charge in [-0.1, -0.05) is 54.6 Å². The summed E-state index contributed by atoms with van der Waals surface area (Å²) in [7, 11) is -3.64. The molecule has 0 unspecified atom stereocenters. The molecule has 4 nitrogen and oxygen atoms in total. The van der Waals surface area contributed by atoms with Crippen LogP contribution in [0.5, 0.6) is 0 Å². The Labute approximate surface area is 139 Å². The van der Waals surface area contributed by atoms with Gasteiger partial charge in [0.25, 0.3) is 10.0 Å². The van der Waals surface area contributed by atoms with Crippen LogP contribution in [0.1, 0.15) is 0 Å². The van der Waals surface area contributed by atoms with E-state index in [-0.39, 0.29) is 4.90 Å². The zero-order valence-electron chi connectivity index (χ0n) is 12.7. The van der Waals surface area contributed by atoms with Crippen LogP contribution in [0, 0.1) is 0 Å². The molecule has 0 bridgehead atoms. The number of hydrogen-bond acceptors (Lipinski definition) is 3. The van der Waals surface area contributed by atoms with E-state index in [0.717, 1.165) is 21.7 Å². The molecule has 1 aromatic heterocycles. The van der Waals surface area contributed by atoms with Crippen LogP contribution < -0.4 is 4.72 Å². The van der Waals surface area contributed by atoms with Gasteiger partial charge in [-0.3, -0.25) is 9.71 Å². The first kappa shape index (κ1) is 14.7. The molecule has 0 atom stereocenters. The van der Waals surface area contributed by atoms with Crippen LogP contribution in [-0.4, -0.2) is 13.4 Å². The minimum absolute atomic E-state index is 0.232. The molecule has 0 saturated carbocycles. The minimum Gasteiger partial charge on any atom is -0.279 e.